The normalized spacial score (nSPS) is 20.4. The number of hydrogen-bond donors (Lipinski definition) is 1. The highest BCUT2D eigenvalue weighted by Crippen LogP contribution is 2.41. The molecule has 5 rings (SSSR count). The van der Waals surface area contributed by atoms with Crippen LogP contribution >= 0.6 is 12.2 Å². The summed E-state index contributed by atoms with van der Waals surface area (Å²) in [5, 5.41) is 4.27. The van der Waals surface area contributed by atoms with E-state index in [0.717, 1.165) is 42.8 Å². The van der Waals surface area contributed by atoms with E-state index in [9.17, 15) is 0 Å². The first-order valence-electron chi connectivity index (χ1n) is 12.2. The number of thiocarbonyl (C=S) groups is 1. The second kappa shape index (κ2) is 10.4. The first-order valence-corrected chi connectivity index (χ1v) is 12.6. The van der Waals surface area contributed by atoms with E-state index >= 15 is 0 Å². The summed E-state index contributed by atoms with van der Waals surface area (Å²) in [6, 6.07) is 17.2. The standard InChI is InChI=1S/C27H33N5O2S/c1-19-18-23(20(2)32(19)22-9-7-21(8-10-22)30-12-16-34-17-13-30)26-25(24-6-4-5-11-28-24)29-27(35)31(26)14-15-33-3/h4-11,18,25-26H,12-17H2,1-3H3,(H,29,35)/t25-,26-/m0/s1. The van der Waals surface area contributed by atoms with E-state index in [-0.39, 0.29) is 12.1 Å². The van der Waals surface area contributed by atoms with Gasteiger partial charge < -0.3 is 29.2 Å². The maximum absolute atomic E-state index is 5.77. The van der Waals surface area contributed by atoms with Gasteiger partial charge in [0, 0.05) is 55.7 Å². The predicted molar refractivity (Wildman–Crippen MR) is 142 cm³/mol. The van der Waals surface area contributed by atoms with Gasteiger partial charge in [0.2, 0.25) is 0 Å². The highest BCUT2D eigenvalue weighted by atomic mass is 32.1. The SMILES string of the molecule is COCCN1C(=S)N[C@@H](c2ccccn2)[C@@H]1c1cc(C)n(-c2ccc(N3CCOCC3)cc2)c1C. The summed E-state index contributed by atoms with van der Waals surface area (Å²) in [4.78, 5) is 9.28. The van der Waals surface area contributed by atoms with Crippen molar-refractivity contribution < 1.29 is 9.47 Å². The molecule has 0 saturated carbocycles. The van der Waals surface area contributed by atoms with Crippen molar-refractivity contribution in [1.29, 1.82) is 0 Å². The number of rotatable bonds is 7. The van der Waals surface area contributed by atoms with Crippen LogP contribution in [-0.2, 0) is 9.47 Å². The van der Waals surface area contributed by atoms with Crippen LogP contribution in [0.15, 0.2) is 54.7 Å². The van der Waals surface area contributed by atoms with Gasteiger partial charge in [-0.15, -0.1) is 0 Å². The lowest BCUT2D eigenvalue weighted by molar-refractivity contribution is 0.122. The Kier molecular flexibility index (Phi) is 7.04. The number of nitrogens with one attached hydrogen (secondary N) is 1. The van der Waals surface area contributed by atoms with Crippen molar-refractivity contribution in [3.63, 3.8) is 0 Å². The van der Waals surface area contributed by atoms with E-state index in [4.69, 9.17) is 21.7 Å². The monoisotopic (exact) mass is 491 g/mol. The Hall–Kier alpha value is -2.94. The molecule has 0 bridgehead atoms. The number of hydrogen-bond acceptors (Lipinski definition) is 5. The highest BCUT2D eigenvalue weighted by Gasteiger charge is 2.41. The summed E-state index contributed by atoms with van der Waals surface area (Å²) >= 11 is 5.77. The van der Waals surface area contributed by atoms with E-state index in [2.05, 4.69) is 74.9 Å². The molecule has 0 amide bonds. The predicted octanol–water partition coefficient (Wildman–Crippen LogP) is 3.94. The van der Waals surface area contributed by atoms with Gasteiger partial charge in [-0.25, -0.2) is 0 Å². The molecule has 7 nitrogen and oxygen atoms in total. The molecule has 4 heterocycles. The van der Waals surface area contributed by atoms with E-state index in [1.807, 2.05) is 18.3 Å². The summed E-state index contributed by atoms with van der Waals surface area (Å²) in [7, 11) is 1.73. The lowest BCUT2D eigenvalue weighted by Gasteiger charge is -2.29. The third-order valence-corrected chi connectivity index (χ3v) is 7.36. The quantitative estimate of drug-likeness (QED) is 0.503. The number of aryl methyl sites for hydroxylation is 1. The van der Waals surface area contributed by atoms with E-state index < -0.39 is 0 Å². The number of benzene rings is 1. The molecule has 0 radical (unpaired) electrons. The molecule has 0 spiro atoms. The van der Waals surface area contributed by atoms with Gasteiger partial charge >= 0.3 is 0 Å². The minimum absolute atomic E-state index is 0.0279. The topological polar surface area (TPSA) is 54.8 Å². The lowest BCUT2D eigenvalue weighted by Crippen LogP contribution is -2.36. The van der Waals surface area contributed by atoms with Crippen LogP contribution in [-0.4, -0.2) is 66.1 Å². The van der Waals surface area contributed by atoms with E-state index in [1.54, 1.807) is 7.11 Å². The zero-order valence-electron chi connectivity index (χ0n) is 20.6. The largest absolute Gasteiger partial charge is 0.383 e. The van der Waals surface area contributed by atoms with Gasteiger partial charge in [0.15, 0.2) is 5.11 Å². The fourth-order valence-corrected chi connectivity index (χ4v) is 5.62. The Labute approximate surface area is 212 Å². The summed E-state index contributed by atoms with van der Waals surface area (Å²) in [6.07, 6.45) is 1.84. The Morgan fingerprint density at radius 3 is 2.51 bits per heavy atom. The zero-order chi connectivity index (χ0) is 24.4. The molecular weight excluding hydrogens is 458 g/mol. The molecule has 2 fully saturated rings. The van der Waals surface area contributed by atoms with Crippen molar-refractivity contribution in [3.05, 3.63) is 77.4 Å². The third kappa shape index (κ3) is 4.66. The van der Waals surface area contributed by atoms with Crippen LogP contribution in [0.4, 0.5) is 5.69 Å². The van der Waals surface area contributed by atoms with Crippen molar-refractivity contribution in [2.75, 3.05) is 51.5 Å². The summed E-state index contributed by atoms with van der Waals surface area (Å²) in [5.41, 5.74) is 7.04. The Morgan fingerprint density at radius 1 is 1.09 bits per heavy atom. The van der Waals surface area contributed by atoms with Crippen LogP contribution in [0.3, 0.4) is 0 Å². The average molecular weight is 492 g/mol. The smallest absolute Gasteiger partial charge is 0.170 e. The van der Waals surface area contributed by atoms with Crippen LogP contribution in [0.25, 0.3) is 5.69 Å². The van der Waals surface area contributed by atoms with Crippen LogP contribution in [0.2, 0.25) is 0 Å². The van der Waals surface area contributed by atoms with Gasteiger partial charge in [-0.3, -0.25) is 4.98 Å². The fourth-order valence-electron chi connectivity index (χ4n) is 5.29. The zero-order valence-corrected chi connectivity index (χ0v) is 21.4. The van der Waals surface area contributed by atoms with Crippen molar-refractivity contribution in [2.24, 2.45) is 0 Å². The average Bonchev–Trinajstić information content (AvgIpc) is 3.38. The molecule has 3 aromatic rings. The van der Waals surface area contributed by atoms with E-state index in [0.29, 0.717) is 13.2 Å². The van der Waals surface area contributed by atoms with E-state index in [1.165, 1.54) is 22.6 Å². The first-order chi connectivity index (χ1) is 17.1. The Bertz CT molecular complexity index is 1160. The number of nitrogens with zero attached hydrogens (tertiary/aromatic N) is 4. The molecule has 2 atom stereocenters. The number of pyridine rings is 1. The van der Waals surface area contributed by atoms with Crippen molar-refractivity contribution >= 4 is 23.0 Å². The van der Waals surface area contributed by atoms with Gasteiger partial charge in [-0.2, -0.15) is 0 Å². The van der Waals surface area contributed by atoms with Crippen molar-refractivity contribution in [3.8, 4) is 5.69 Å². The van der Waals surface area contributed by atoms with Crippen LogP contribution in [0.5, 0.6) is 0 Å². The molecule has 0 unspecified atom stereocenters. The molecule has 0 aliphatic carbocycles. The minimum atomic E-state index is -0.0294. The fraction of sp³-hybridized carbons (Fsp3) is 0.407. The number of ether oxygens (including phenoxy) is 2. The molecule has 2 aliphatic heterocycles. The minimum Gasteiger partial charge on any atom is -0.383 e. The van der Waals surface area contributed by atoms with Gasteiger partial charge in [0.05, 0.1) is 37.6 Å². The summed E-state index contributed by atoms with van der Waals surface area (Å²) in [6.45, 7) is 9.14. The van der Waals surface area contributed by atoms with Crippen LogP contribution in [0, 0.1) is 13.8 Å². The van der Waals surface area contributed by atoms with Crippen LogP contribution in [0.1, 0.15) is 34.7 Å². The Balaban J connectivity index is 1.50. The lowest BCUT2D eigenvalue weighted by atomic mass is 9.97. The molecule has 1 N–H and O–H groups in total. The molecule has 2 aliphatic rings. The molecular formula is C27H33N5O2S. The van der Waals surface area contributed by atoms with Crippen molar-refractivity contribution in [2.45, 2.75) is 25.9 Å². The second-order valence-electron chi connectivity index (χ2n) is 9.09. The molecule has 35 heavy (non-hydrogen) atoms. The van der Waals surface area contributed by atoms with Gasteiger partial charge in [0.25, 0.3) is 0 Å². The molecule has 2 aromatic heterocycles. The number of morpholine rings is 1. The maximum atomic E-state index is 5.77. The third-order valence-electron chi connectivity index (χ3n) is 7.01. The number of methoxy groups -OCH3 is 1. The maximum Gasteiger partial charge on any atom is 0.170 e. The number of anilines is 1. The molecule has 2 saturated heterocycles. The van der Waals surface area contributed by atoms with Gasteiger partial charge in [-0.1, -0.05) is 6.07 Å². The van der Waals surface area contributed by atoms with Gasteiger partial charge in [0.1, 0.15) is 0 Å². The molecule has 8 heteroatoms. The van der Waals surface area contributed by atoms with Crippen molar-refractivity contribution in [1.82, 2.24) is 19.8 Å². The first kappa shape index (κ1) is 23.8. The summed E-state index contributed by atoms with van der Waals surface area (Å²) in [5.74, 6) is 0. The number of aromatic nitrogens is 2. The Morgan fingerprint density at radius 2 is 1.83 bits per heavy atom. The molecule has 184 valence electrons. The highest BCUT2D eigenvalue weighted by molar-refractivity contribution is 7.80. The molecule has 1 aromatic carbocycles. The summed E-state index contributed by atoms with van der Waals surface area (Å²) < 4.78 is 13.2. The van der Waals surface area contributed by atoms with Crippen LogP contribution < -0.4 is 10.2 Å². The van der Waals surface area contributed by atoms with Gasteiger partial charge in [-0.05, 0) is 74.1 Å². The second-order valence-corrected chi connectivity index (χ2v) is 9.48.